The number of benzene rings is 1. The van der Waals surface area contributed by atoms with E-state index in [9.17, 15) is 14.4 Å². The van der Waals surface area contributed by atoms with Crippen LogP contribution in [0.3, 0.4) is 0 Å². The molecular formula is C25H26ClN5O4. The highest BCUT2D eigenvalue weighted by Gasteiger charge is 2.42. The molecule has 3 aliphatic heterocycles. The van der Waals surface area contributed by atoms with Crippen LogP contribution in [-0.4, -0.2) is 68.8 Å². The number of rotatable bonds is 5. The first-order chi connectivity index (χ1) is 17.0. The lowest BCUT2D eigenvalue weighted by Gasteiger charge is -2.44. The number of ether oxygens (including phenoxy) is 1. The molecule has 182 valence electrons. The zero-order valence-corrected chi connectivity index (χ0v) is 19.9. The topological polar surface area (TPSA) is 105 Å². The Morgan fingerprint density at radius 2 is 1.86 bits per heavy atom. The summed E-state index contributed by atoms with van der Waals surface area (Å²) >= 11 is 5.91. The summed E-state index contributed by atoms with van der Waals surface area (Å²) in [7, 11) is 0. The average molecular weight is 496 g/mol. The Bertz CT molecular complexity index is 1180. The minimum atomic E-state index is -0.611. The Morgan fingerprint density at radius 3 is 2.63 bits per heavy atom. The molecule has 35 heavy (non-hydrogen) atoms. The number of halogens is 1. The molecule has 2 aromatic rings. The first-order valence-corrected chi connectivity index (χ1v) is 12.5. The zero-order valence-electron chi connectivity index (χ0n) is 19.2. The van der Waals surface area contributed by atoms with Crippen molar-refractivity contribution in [2.24, 2.45) is 0 Å². The average Bonchev–Trinajstić information content (AvgIpc) is 3.38. The Balaban J connectivity index is 1.10. The largest absolute Gasteiger partial charge is 0.489 e. The van der Waals surface area contributed by atoms with Crippen molar-refractivity contribution >= 4 is 29.3 Å². The lowest BCUT2D eigenvalue weighted by Crippen LogP contribution is -2.54. The number of piperidine rings is 1. The van der Waals surface area contributed by atoms with Crippen LogP contribution in [-0.2, 0) is 16.1 Å². The third kappa shape index (κ3) is 4.16. The number of imide groups is 1. The van der Waals surface area contributed by atoms with Gasteiger partial charge in [-0.2, -0.15) is 0 Å². The molecule has 6 rings (SSSR count). The van der Waals surface area contributed by atoms with Crippen LogP contribution in [0.1, 0.15) is 59.8 Å². The van der Waals surface area contributed by atoms with Gasteiger partial charge in [-0.1, -0.05) is 11.6 Å². The van der Waals surface area contributed by atoms with Crippen molar-refractivity contribution in [1.29, 1.82) is 0 Å². The molecule has 0 radical (unpaired) electrons. The number of amides is 3. The Morgan fingerprint density at radius 1 is 1.06 bits per heavy atom. The van der Waals surface area contributed by atoms with Crippen molar-refractivity contribution in [1.82, 2.24) is 25.1 Å². The highest BCUT2D eigenvalue weighted by atomic mass is 35.5. The van der Waals surface area contributed by atoms with Gasteiger partial charge in [0.2, 0.25) is 11.8 Å². The van der Waals surface area contributed by atoms with Gasteiger partial charge in [-0.15, -0.1) is 0 Å². The summed E-state index contributed by atoms with van der Waals surface area (Å²) in [6, 6.07) is 5.30. The summed E-state index contributed by atoms with van der Waals surface area (Å²) in [5.41, 5.74) is 1.45. The molecule has 10 heteroatoms. The van der Waals surface area contributed by atoms with E-state index in [1.54, 1.807) is 23.4 Å². The number of carbonyl (C=O) groups excluding carboxylic acids is 3. The van der Waals surface area contributed by atoms with E-state index in [1.807, 2.05) is 12.1 Å². The summed E-state index contributed by atoms with van der Waals surface area (Å²) in [4.78, 5) is 49.4. The Hall–Kier alpha value is -3.04. The highest BCUT2D eigenvalue weighted by molar-refractivity contribution is 6.30. The van der Waals surface area contributed by atoms with Crippen LogP contribution in [0.2, 0.25) is 5.02 Å². The summed E-state index contributed by atoms with van der Waals surface area (Å²) in [6.45, 7) is 2.16. The number of likely N-dealkylation sites (tertiary alicyclic amines) is 1. The van der Waals surface area contributed by atoms with Gasteiger partial charge >= 0.3 is 0 Å². The highest BCUT2D eigenvalue weighted by Crippen LogP contribution is 2.36. The Labute approximate surface area is 207 Å². The Kier molecular flexibility index (Phi) is 5.69. The van der Waals surface area contributed by atoms with E-state index < -0.39 is 11.9 Å². The molecule has 4 aliphatic rings. The third-order valence-electron chi connectivity index (χ3n) is 7.58. The van der Waals surface area contributed by atoms with Crippen molar-refractivity contribution in [2.45, 2.75) is 62.8 Å². The number of hydrogen-bond donors (Lipinski definition) is 1. The van der Waals surface area contributed by atoms with E-state index >= 15 is 0 Å². The van der Waals surface area contributed by atoms with Gasteiger partial charge in [0.25, 0.3) is 5.91 Å². The van der Waals surface area contributed by atoms with E-state index in [0.29, 0.717) is 35.5 Å². The fourth-order valence-corrected chi connectivity index (χ4v) is 5.84. The molecular weight excluding hydrogens is 470 g/mol. The number of aromatic nitrogens is 2. The maximum absolute atomic E-state index is 12.9. The fraction of sp³-hybridized carbons (Fsp3) is 0.480. The third-order valence-corrected chi connectivity index (χ3v) is 7.78. The quantitative estimate of drug-likeness (QED) is 0.634. The lowest BCUT2D eigenvalue weighted by molar-refractivity contribution is -0.136. The summed E-state index contributed by atoms with van der Waals surface area (Å²) in [5, 5.41) is 2.89. The molecule has 1 aromatic heterocycles. The monoisotopic (exact) mass is 495 g/mol. The zero-order chi connectivity index (χ0) is 24.1. The van der Waals surface area contributed by atoms with Crippen LogP contribution in [0.25, 0.3) is 0 Å². The van der Waals surface area contributed by atoms with Gasteiger partial charge in [-0.05, 0) is 49.4 Å². The molecule has 0 bridgehead atoms. The van der Waals surface area contributed by atoms with Crippen LogP contribution >= 0.6 is 11.6 Å². The lowest BCUT2D eigenvalue weighted by atomic mass is 9.95. The smallest absolute Gasteiger partial charge is 0.255 e. The van der Waals surface area contributed by atoms with Gasteiger partial charge < -0.3 is 9.64 Å². The molecule has 0 spiro atoms. The summed E-state index contributed by atoms with van der Waals surface area (Å²) in [5.74, 6) is 1.05. The molecule has 3 fully saturated rings. The minimum Gasteiger partial charge on any atom is -0.489 e. The number of carbonyl (C=O) groups is 3. The number of nitrogens with one attached hydrogen (secondary N) is 1. The second kappa shape index (κ2) is 8.87. The molecule has 4 heterocycles. The van der Waals surface area contributed by atoms with Crippen molar-refractivity contribution in [3.8, 4) is 5.75 Å². The maximum Gasteiger partial charge on any atom is 0.255 e. The van der Waals surface area contributed by atoms with E-state index in [0.717, 1.165) is 49.5 Å². The van der Waals surface area contributed by atoms with Gasteiger partial charge in [-0.3, -0.25) is 24.6 Å². The fourth-order valence-electron chi connectivity index (χ4n) is 5.74. The number of fused-ring (bicyclic) bond motifs is 1. The van der Waals surface area contributed by atoms with Gasteiger partial charge in [0.05, 0.1) is 5.02 Å². The maximum atomic E-state index is 12.9. The van der Waals surface area contributed by atoms with E-state index in [-0.39, 0.29) is 24.3 Å². The van der Waals surface area contributed by atoms with Crippen LogP contribution in [0.15, 0.2) is 30.6 Å². The van der Waals surface area contributed by atoms with Crippen LogP contribution in [0, 0.1) is 0 Å². The molecule has 3 unspecified atom stereocenters. The van der Waals surface area contributed by atoms with Crippen molar-refractivity contribution in [3.05, 3.63) is 52.6 Å². The molecule has 3 atom stereocenters. The van der Waals surface area contributed by atoms with Crippen LogP contribution < -0.4 is 10.1 Å². The number of nitrogens with zero attached hydrogens (tertiary/aromatic N) is 4. The molecule has 2 saturated heterocycles. The predicted molar refractivity (Wildman–Crippen MR) is 126 cm³/mol. The van der Waals surface area contributed by atoms with E-state index in [2.05, 4.69) is 20.2 Å². The molecule has 1 aromatic carbocycles. The van der Waals surface area contributed by atoms with Crippen molar-refractivity contribution in [2.75, 3.05) is 13.1 Å². The van der Waals surface area contributed by atoms with Gasteiger partial charge in [0.15, 0.2) is 0 Å². The van der Waals surface area contributed by atoms with E-state index in [1.165, 1.54) is 0 Å². The molecule has 1 N–H and O–H groups in total. The summed E-state index contributed by atoms with van der Waals surface area (Å²) < 4.78 is 6.43. The van der Waals surface area contributed by atoms with E-state index in [4.69, 9.17) is 16.3 Å². The molecule has 9 nitrogen and oxygen atoms in total. The first kappa shape index (κ1) is 22.4. The standard InChI is InChI=1S/C25H26ClN5O4/c26-16-9-27-23(28-10-16)15-11-30(12-15)19-2-1-3-21(19)35-17-4-5-18-14(8-17)13-31(25(18)34)20-6-7-22(32)29-24(20)33/h4-5,8-10,15,19-21H,1-3,6-7,11-13H2,(H,29,32,33). The SMILES string of the molecule is O=C1CCC(N2Cc3cc(OC4CCCC4N4CC(c5ncc(Cl)cn5)C4)ccc3C2=O)C(=O)N1. The second-order valence-electron chi connectivity index (χ2n) is 9.78. The second-order valence-corrected chi connectivity index (χ2v) is 10.2. The minimum absolute atomic E-state index is 0.0866. The van der Waals surface area contributed by atoms with Crippen LogP contribution in [0.4, 0.5) is 0 Å². The van der Waals surface area contributed by atoms with Crippen LogP contribution in [0.5, 0.6) is 5.75 Å². The normalized spacial score (nSPS) is 27.1. The predicted octanol–water partition coefficient (Wildman–Crippen LogP) is 2.29. The molecule has 3 amide bonds. The molecule has 1 saturated carbocycles. The van der Waals surface area contributed by atoms with Crippen molar-refractivity contribution < 1.29 is 19.1 Å². The summed E-state index contributed by atoms with van der Waals surface area (Å²) in [6.07, 6.45) is 7.17. The number of hydrogen-bond acceptors (Lipinski definition) is 7. The van der Waals surface area contributed by atoms with Gasteiger partial charge in [0, 0.05) is 56.0 Å². The van der Waals surface area contributed by atoms with Gasteiger partial charge in [0.1, 0.15) is 23.7 Å². The van der Waals surface area contributed by atoms with Gasteiger partial charge in [-0.25, -0.2) is 9.97 Å². The first-order valence-electron chi connectivity index (χ1n) is 12.1. The molecule has 1 aliphatic carbocycles. The van der Waals surface area contributed by atoms with Crippen molar-refractivity contribution in [3.63, 3.8) is 0 Å².